The Hall–Kier alpha value is -2.62. The standard InChI is InChI=1S/C16H15F3N2O4S/c17-16(18,19)11-3-1-5-14(9-11)26(24,25)21-13-8-7-12(20-10-13)4-2-6-15(22)23/h1,3,5,7-10,21H,2,4,6H2,(H,22,23). The Balaban J connectivity index is 2.11. The number of carbonyl (C=O) groups is 1. The van der Waals surface area contributed by atoms with Gasteiger partial charge in [0.15, 0.2) is 0 Å². The lowest BCUT2D eigenvalue weighted by Gasteiger charge is -2.11. The number of alkyl halides is 3. The minimum Gasteiger partial charge on any atom is -0.481 e. The van der Waals surface area contributed by atoms with Gasteiger partial charge in [-0.3, -0.25) is 14.5 Å². The number of hydrogen-bond acceptors (Lipinski definition) is 4. The van der Waals surface area contributed by atoms with E-state index in [0.717, 1.165) is 18.2 Å². The molecule has 0 radical (unpaired) electrons. The minimum absolute atomic E-state index is 0.00833. The second-order valence-corrected chi connectivity index (χ2v) is 7.10. The van der Waals surface area contributed by atoms with Crippen LogP contribution in [-0.2, 0) is 27.4 Å². The van der Waals surface area contributed by atoms with Crippen molar-refractivity contribution in [2.75, 3.05) is 4.72 Å². The van der Waals surface area contributed by atoms with Gasteiger partial charge in [-0.2, -0.15) is 13.2 Å². The third-order valence-corrected chi connectivity index (χ3v) is 4.75. The van der Waals surface area contributed by atoms with Crippen molar-refractivity contribution in [2.24, 2.45) is 0 Å². The highest BCUT2D eigenvalue weighted by Gasteiger charge is 2.31. The number of benzene rings is 1. The topological polar surface area (TPSA) is 96.4 Å². The van der Waals surface area contributed by atoms with Gasteiger partial charge in [0, 0.05) is 12.1 Å². The molecule has 1 aromatic carbocycles. The van der Waals surface area contributed by atoms with Crippen molar-refractivity contribution in [1.29, 1.82) is 0 Å². The first-order chi connectivity index (χ1) is 12.1. The van der Waals surface area contributed by atoms with E-state index < -0.39 is 32.6 Å². The molecule has 2 aromatic rings. The minimum atomic E-state index is -4.65. The molecule has 2 N–H and O–H groups in total. The summed E-state index contributed by atoms with van der Waals surface area (Å²) in [5, 5.41) is 8.57. The van der Waals surface area contributed by atoms with E-state index in [1.54, 1.807) is 0 Å². The fraction of sp³-hybridized carbons (Fsp3) is 0.250. The van der Waals surface area contributed by atoms with Crippen LogP contribution in [0.15, 0.2) is 47.5 Å². The molecular formula is C16H15F3N2O4S. The van der Waals surface area contributed by atoms with Crippen LogP contribution in [0.1, 0.15) is 24.1 Å². The quantitative estimate of drug-likeness (QED) is 0.759. The van der Waals surface area contributed by atoms with Gasteiger partial charge in [-0.15, -0.1) is 0 Å². The number of aromatic nitrogens is 1. The molecule has 0 saturated carbocycles. The van der Waals surface area contributed by atoms with Gasteiger partial charge in [-0.1, -0.05) is 6.07 Å². The summed E-state index contributed by atoms with van der Waals surface area (Å²) in [6, 6.07) is 6.34. The highest BCUT2D eigenvalue weighted by molar-refractivity contribution is 7.92. The Morgan fingerprint density at radius 2 is 1.92 bits per heavy atom. The molecule has 1 aromatic heterocycles. The van der Waals surface area contributed by atoms with Crippen LogP contribution >= 0.6 is 0 Å². The van der Waals surface area contributed by atoms with E-state index in [4.69, 9.17) is 5.11 Å². The van der Waals surface area contributed by atoms with Gasteiger partial charge in [0.25, 0.3) is 10.0 Å². The summed E-state index contributed by atoms with van der Waals surface area (Å²) in [7, 11) is -4.20. The molecule has 0 saturated heterocycles. The maximum absolute atomic E-state index is 12.7. The molecule has 0 amide bonds. The van der Waals surface area contributed by atoms with Gasteiger partial charge in [0.1, 0.15) is 0 Å². The van der Waals surface area contributed by atoms with Crippen LogP contribution in [0.5, 0.6) is 0 Å². The largest absolute Gasteiger partial charge is 0.481 e. The highest BCUT2D eigenvalue weighted by atomic mass is 32.2. The predicted molar refractivity (Wildman–Crippen MR) is 87.1 cm³/mol. The molecule has 0 aliphatic heterocycles. The molecule has 0 aliphatic carbocycles. The van der Waals surface area contributed by atoms with Crippen LogP contribution in [-0.4, -0.2) is 24.5 Å². The Labute approximate surface area is 147 Å². The first-order valence-electron chi connectivity index (χ1n) is 7.45. The van der Waals surface area contributed by atoms with Gasteiger partial charge < -0.3 is 5.11 Å². The average Bonchev–Trinajstić information content (AvgIpc) is 2.55. The summed E-state index contributed by atoms with van der Waals surface area (Å²) in [6.45, 7) is 0. The van der Waals surface area contributed by atoms with Crippen molar-refractivity contribution < 1.29 is 31.5 Å². The number of hydrogen-bond donors (Lipinski definition) is 2. The van der Waals surface area contributed by atoms with E-state index >= 15 is 0 Å². The monoisotopic (exact) mass is 388 g/mol. The molecule has 0 fully saturated rings. The maximum atomic E-state index is 12.7. The second-order valence-electron chi connectivity index (χ2n) is 5.42. The van der Waals surface area contributed by atoms with Gasteiger partial charge in [-0.25, -0.2) is 8.42 Å². The second kappa shape index (κ2) is 7.73. The van der Waals surface area contributed by atoms with E-state index in [1.807, 2.05) is 0 Å². The number of halogens is 3. The molecule has 140 valence electrons. The van der Waals surface area contributed by atoms with Crippen molar-refractivity contribution in [3.05, 3.63) is 53.9 Å². The maximum Gasteiger partial charge on any atom is 0.416 e. The zero-order valence-electron chi connectivity index (χ0n) is 13.3. The molecule has 0 bridgehead atoms. The molecule has 0 spiro atoms. The Bertz CT molecular complexity index is 881. The summed E-state index contributed by atoms with van der Waals surface area (Å²) in [4.78, 5) is 13.9. The number of carboxylic acid groups (broad SMARTS) is 1. The number of pyridine rings is 1. The van der Waals surface area contributed by atoms with Crippen LogP contribution in [0, 0.1) is 0 Å². The zero-order valence-corrected chi connectivity index (χ0v) is 14.1. The molecule has 1 heterocycles. The van der Waals surface area contributed by atoms with Crippen LogP contribution in [0.25, 0.3) is 0 Å². The number of sulfonamides is 1. The molecular weight excluding hydrogens is 373 g/mol. The van der Waals surface area contributed by atoms with E-state index in [9.17, 15) is 26.4 Å². The summed E-state index contributed by atoms with van der Waals surface area (Å²) < 4.78 is 64.8. The molecule has 10 heteroatoms. The fourth-order valence-corrected chi connectivity index (χ4v) is 3.20. The Morgan fingerprint density at radius 1 is 1.19 bits per heavy atom. The molecule has 0 atom stereocenters. The molecule has 0 unspecified atom stereocenters. The van der Waals surface area contributed by atoms with Crippen LogP contribution < -0.4 is 4.72 Å². The van der Waals surface area contributed by atoms with E-state index in [2.05, 4.69) is 9.71 Å². The number of aryl methyl sites for hydroxylation is 1. The summed E-state index contributed by atoms with van der Waals surface area (Å²) in [5.41, 5.74) is -0.398. The molecule has 6 nitrogen and oxygen atoms in total. The lowest BCUT2D eigenvalue weighted by Crippen LogP contribution is -2.14. The number of anilines is 1. The number of nitrogens with zero attached hydrogens (tertiary/aromatic N) is 1. The normalized spacial score (nSPS) is 12.0. The average molecular weight is 388 g/mol. The fourth-order valence-electron chi connectivity index (χ4n) is 2.11. The van der Waals surface area contributed by atoms with E-state index in [-0.39, 0.29) is 12.1 Å². The van der Waals surface area contributed by atoms with Crippen molar-refractivity contribution in [3.8, 4) is 0 Å². The van der Waals surface area contributed by atoms with Crippen molar-refractivity contribution >= 4 is 21.7 Å². The SMILES string of the molecule is O=C(O)CCCc1ccc(NS(=O)(=O)c2cccc(C(F)(F)F)c2)cn1. The number of aliphatic carboxylic acids is 1. The summed E-state index contributed by atoms with van der Waals surface area (Å²) >= 11 is 0. The summed E-state index contributed by atoms with van der Waals surface area (Å²) in [6.07, 6.45) is -2.64. The zero-order chi connectivity index (χ0) is 19.4. The lowest BCUT2D eigenvalue weighted by atomic mass is 10.2. The Morgan fingerprint density at radius 3 is 2.50 bits per heavy atom. The molecule has 26 heavy (non-hydrogen) atoms. The third-order valence-electron chi connectivity index (χ3n) is 3.37. The Kier molecular flexibility index (Phi) is 5.86. The number of carboxylic acids is 1. The first-order valence-corrected chi connectivity index (χ1v) is 8.93. The van der Waals surface area contributed by atoms with Crippen molar-refractivity contribution in [3.63, 3.8) is 0 Å². The van der Waals surface area contributed by atoms with Gasteiger partial charge >= 0.3 is 12.1 Å². The van der Waals surface area contributed by atoms with Crippen molar-refractivity contribution in [1.82, 2.24) is 4.98 Å². The van der Waals surface area contributed by atoms with Gasteiger partial charge in [-0.05, 0) is 43.2 Å². The van der Waals surface area contributed by atoms with Crippen LogP contribution in [0.4, 0.5) is 18.9 Å². The summed E-state index contributed by atoms with van der Waals surface area (Å²) in [5.74, 6) is -0.921. The van der Waals surface area contributed by atoms with E-state index in [1.165, 1.54) is 18.3 Å². The molecule has 2 rings (SSSR count). The third kappa shape index (κ3) is 5.45. The predicted octanol–water partition coefficient (Wildman–Crippen LogP) is 3.31. The van der Waals surface area contributed by atoms with Gasteiger partial charge in [0.2, 0.25) is 0 Å². The number of rotatable bonds is 7. The van der Waals surface area contributed by atoms with Crippen LogP contribution in [0.3, 0.4) is 0 Å². The smallest absolute Gasteiger partial charge is 0.416 e. The molecule has 0 aliphatic rings. The number of nitrogens with one attached hydrogen (secondary N) is 1. The first kappa shape index (κ1) is 19.7. The lowest BCUT2D eigenvalue weighted by molar-refractivity contribution is -0.138. The van der Waals surface area contributed by atoms with Gasteiger partial charge in [0.05, 0.1) is 22.3 Å². The van der Waals surface area contributed by atoms with E-state index in [0.29, 0.717) is 24.6 Å². The van der Waals surface area contributed by atoms with Crippen LogP contribution in [0.2, 0.25) is 0 Å². The highest BCUT2D eigenvalue weighted by Crippen LogP contribution is 2.30. The van der Waals surface area contributed by atoms with Crippen molar-refractivity contribution in [2.45, 2.75) is 30.3 Å².